The van der Waals surface area contributed by atoms with Crippen LogP contribution in [0.3, 0.4) is 0 Å². The molecule has 2 heterocycles. The first kappa shape index (κ1) is 14.0. The number of nitrogens with one attached hydrogen (secondary N) is 2. The second kappa shape index (κ2) is 5.43. The van der Waals surface area contributed by atoms with Gasteiger partial charge in [-0.25, -0.2) is 4.98 Å². The van der Waals surface area contributed by atoms with E-state index in [1.165, 1.54) is 0 Å². The molecule has 2 aromatic heterocycles. The maximum Gasteiger partial charge on any atom is 0.288 e. The van der Waals surface area contributed by atoms with Crippen molar-refractivity contribution in [2.24, 2.45) is 5.73 Å². The van der Waals surface area contributed by atoms with Crippen molar-refractivity contribution in [3.63, 3.8) is 0 Å². The molecular weight excluding hydrogens is 288 g/mol. The van der Waals surface area contributed by atoms with Gasteiger partial charge in [-0.15, -0.1) is 0 Å². The Morgan fingerprint density at radius 3 is 3.05 bits per heavy atom. The van der Waals surface area contributed by atoms with Crippen LogP contribution < -0.4 is 11.1 Å². The van der Waals surface area contributed by atoms with Crippen molar-refractivity contribution in [1.82, 2.24) is 15.2 Å². The molecule has 0 saturated carbocycles. The van der Waals surface area contributed by atoms with Gasteiger partial charge in [0.2, 0.25) is 0 Å². The molecule has 1 atom stereocenters. The Hall–Kier alpha value is -2.97. The topological polar surface area (TPSA) is 140 Å². The van der Waals surface area contributed by atoms with Gasteiger partial charge >= 0.3 is 0 Å². The fourth-order valence-electron chi connectivity index (χ4n) is 2.59. The van der Waals surface area contributed by atoms with Crippen molar-refractivity contribution >= 4 is 17.4 Å². The maximum absolute atomic E-state index is 11.5. The number of fused-ring (bicyclic) bond motifs is 1. The Morgan fingerprint density at radius 2 is 2.32 bits per heavy atom. The molecule has 0 aromatic carbocycles. The lowest BCUT2D eigenvalue weighted by Gasteiger charge is -2.24. The summed E-state index contributed by atoms with van der Waals surface area (Å²) in [4.78, 5) is 25.6. The minimum absolute atomic E-state index is 0.0205. The van der Waals surface area contributed by atoms with Crippen molar-refractivity contribution in [2.75, 3.05) is 5.32 Å². The molecule has 0 fully saturated rings. The fraction of sp³-hybridized carbons (Fsp3) is 0.308. The zero-order chi connectivity index (χ0) is 15.7. The minimum Gasteiger partial charge on any atom is -0.366 e. The lowest BCUT2D eigenvalue weighted by atomic mass is 9.93. The number of nitrogens with zero attached hydrogens (tertiary/aromatic N) is 3. The quantitative estimate of drug-likeness (QED) is 0.563. The highest BCUT2D eigenvalue weighted by molar-refractivity contribution is 5.98. The monoisotopic (exact) mass is 302 g/mol. The molecule has 0 radical (unpaired) electrons. The molecule has 2 aromatic rings. The molecule has 9 heteroatoms. The number of pyridine rings is 1. The van der Waals surface area contributed by atoms with Crippen LogP contribution in [0.2, 0.25) is 0 Å². The summed E-state index contributed by atoms with van der Waals surface area (Å²) in [6, 6.07) is 1.21. The molecule has 0 bridgehead atoms. The first-order chi connectivity index (χ1) is 10.5. The lowest BCUT2D eigenvalue weighted by Crippen LogP contribution is -2.29. The molecule has 4 N–H and O–H groups in total. The SMILES string of the molecule is NC(=O)c1cc([N+](=O)[O-])cnc1NC1CCc2[nH]ncc2C1. The molecule has 114 valence electrons. The van der Waals surface area contributed by atoms with Gasteiger partial charge in [0.15, 0.2) is 0 Å². The molecule has 22 heavy (non-hydrogen) atoms. The number of anilines is 1. The van der Waals surface area contributed by atoms with Crippen LogP contribution >= 0.6 is 0 Å². The molecule has 3 rings (SSSR count). The third kappa shape index (κ3) is 2.60. The summed E-state index contributed by atoms with van der Waals surface area (Å²) in [6.07, 6.45) is 5.31. The van der Waals surface area contributed by atoms with Gasteiger partial charge < -0.3 is 11.1 Å². The Bertz CT molecular complexity index is 741. The highest BCUT2D eigenvalue weighted by Gasteiger charge is 2.23. The van der Waals surface area contributed by atoms with Crippen LogP contribution in [0.25, 0.3) is 0 Å². The molecule has 9 nitrogen and oxygen atoms in total. The molecule has 1 aliphatic rings. The molecule has 0 saturated heterocycles. The third-order valence-corrected chi connectivity index (χ3v) is 3.71. The average molecular weight is 302 g/mol. The second-order valence-electron chi connectivity index (χ2n) is 5.17. The number of nitrogens with two attached hydrogens (primary N) is 1. The van der Waals surface area contributed by atoms with Crippen LogP contribution in [-0.2, 0) is 12.8 Å². The van der Waals surface area contributed by atoms with Gasteiger partial charge in [-0.1, -0.05) is 0 Å². The third-order valence-electron chi connectivity index (χ3n) is 3.71. The van der Waals surface area contributed by atoms with Crippen LogP contribution in [0, 0.1) is 10.1 Å². The van der Waals surface area contributed by atoms with E-state index in [1.807, 2.05) is 0 Å². The van der Waals surface area contributed by atoms with Crippen molar-refractivity contribution in [3.8, 4) is 0 Å². The first-order valence-electron chi connectivity index (χ1n) is 6.76. The molecule has 0 aliphatic heterocycles. The van der Waals surface area contributed by atoms with Crippen LogP contribution in [0.5, 0.6) is 0 Å². The highest BCUT2D eigenvalue weighted by Crippen LogP contribution is 2.24. The van der Waals surface area contributed by atoms with E-state index in [0.29, 0.717) is 0 Å². The highest BCUT2D eigenvalue weighted by atomic mass is 16.6. The predicted octanol–water partition coefficient (Wildman–Crippen LogP) is 0.781. The summed E-state index contributed by atoms with van der Waals surface area (Å²) in [5.74, 6) is -0.478. The van der Waals surface area contributed by atoms with Gasteiger partial charge in [-0.3, -0.25) is 20.0 Å². The Morgan fingerprint density at radius 1 is 1.50 bits per heavy atom. The summed E-state index contributed by atoms with van der Waals surface area (Å²) in [6.45, 7) is 0. The average Bonchev–Trinajstić information content (AvgIpc) is 2.94. The number of aryl methyl sites for hydroxylation is 1. The summed E-state index contributed by atoms with van der Waals surface area (Å²) in [5.41, 5.74) is 7.28. The first-order valence-corrected chi connectivity index (χ1v) is 6.76. The fourth-order valence-corrected chi connectivity index (χ4v) is 2.59. The Kier molecular flexibility index (Phi) is 3.45. The minimum atomic E-state index is -0.751. The van der Waals surface area contributed by atoms with Gasteiger partial charge in [0.1, 0.15) is 12.0 Å². The smallest absolute Gasteiger partial charge is 0.288 e. The van der Waals surface area contributed by atoms with Crippen LogP contribution in [-0.4, -0.2) is 32.1 Å². The predicted molar refractivity (Wildman–Crippen MR) is 77.4 cm³/mol. The van der Waals surface area contributed by atoms with E-state index in [0.717, 1.165) is 42.8 Å². The van der Waals surface area contributed by atoms with Crippen molar-refractivity contribution < 1.29 is 9.72 Å². The molecule has 1 unspecified atom stereocenters. The van der Waals surface area contributed by atoms with Crippen LogP contribution in [0.4, 0.5) is 11.5 Å². The molecule has 1 aliphatic carbocycles. The largest absolute Gasteiger partial charge is 0.366 e. The number of nitro groups is 1. The number of rotatable bonds is 4. The summed E-state index contributed by atoms with van der Waals surface area (Å²) < 4.78 is 0. The number of hydrogen-bond donors (Lipinski definition) is 3. The normalized spacial score (nSPS) is 16.8. The van der Waals surface area contributed by atoms with E-state index in [9.17, 15) is 14.9 Å². The second-order valence-corrected chi connectivity index (χ2v) is 5.17. The Labute approximate surface area is 125 Å². The summed E-state index contributed by atoms with van der Waals surface area (Å²) >= 11 is 0. The number of aromatic amines is 1. The van der Waals surface area contributed by atoms with Gasteiger partial charge in [-0.05, 0) is 24.8 Å². The lowest BCUT2D eigenvalue weighted by molar-refractivity contribution is -0.385. The van der Waals surface area contributed by atoms with Gasteiger partial charge in [0.05, 0.1) is 16.7 Å². The number of hydrogen-bond acceptors (Lipinski definition) is 6. The maximum atomic E-state index is 11.5. The van der Waals surface area contributed by atoms with E-state index in [4.69, 9.17) is 5.73 Å². The number of H-pyrrole nitrogens is 1. The van der Waals surface area contributed by atoms with E-state index in [-0.39, 0.29) is 23.1 Å². The molecule has 0 spiro atoms. The van der Waals surface area contributed by atoms with E-state index < -0.39 is 10.8 Å². The van der Waals surface area contributed by atoms with E-state index in [2.05, 4.69) is 20.5 Å². The van der Waals surface area contributed by atoms with Gasteiger partial charge in [-0.2, -0.15) is 5.10 Å². The Balaban J connectivity index is 1.83. The number of primary amides is 1. The van der Waals surface area contributed by atoms with Crippen molar-refractivity contribution in [2.45, 2.75) is 25.3 Å². The molecular formula is C13H14N6O3. The summed E-state index contributed by atoms with van der Waals surface area (Å²) in [5, 5.41) is 20.9. The number of aromatic nitrogens is 3. The van der Waals surface area contributed by atoms with Gasteiger partial charge in [0.25, 0.3) is 11.6 Å². The number of carbonyl (C=O) groups is 1. The van der Waals surface area contributed by atoms with Crippen molar-refractivity contribution in [1.29, 1.82) is 0 Å². The standard InChI is InChI=1S/C13H14N6O3/c14-12(20)10-4-9(19(21)22)6-15-13(10)17-8-1-2-11-7(3-8)5-16-18-11/h4-6,8H,1-3H2,(H2,14,20)(H,15,17)(H,16,18). The summed E-state index contributed by atoms with van der Waals surface area (Å²) in [7, 11) is 0. The van der Waals surface area contributed by atoms with E-state index in [1.54, 1.807) is 6.20 Å². The van der Waals surface area contributed by atoms with Crippen LogP contribution in [0.1, 0.15) is 28.0 Å². The van der Waals surface area contributed by atoms with E-state index >= 15 is 0 Å². The zero-order valence-corrected chi connectivity index (χ0v) is 11.6. The number of amides is 1. The van der Waals surface area contributed by atoms with Gasteiger partial charge in [0, 0.05) is 17.8 Å². The van der Waals surface area contributed by atoms with Crippen molar-refractivity contribution in [3.05, 3.63) is 45.4 Å². The zero-order valence-electron chi connectivity index (χ0n) is 11.6. The molecule has 1 amide bonds. The number of carbonyl (C=O) groups excluding carboxylic acids is 1. The van der Waals surface area contributed by atoms with Crippen LogP contribution in [0.15, 0.2) is 18.5 Å².